The number of ether oxygens (including phenoxy) is 2. The van der Waals surface area contributed by atoms with E-state index in [-0.39, 0.29) is 0 Å². The van der Waals surface area contributed by atoms with Gasteiger partial charge in [-0.25, -0.2) is 4.79 Å². The summed E-state index contributed by atoms with van der Waals surface area (Å²) >= 11 is 0. The van der Waals surface area contributed by atoms with Gasteiger partial charge in [-0.3, -0.25) is 0 Å². The van der Waals surface area contributed by atoms with E-state index in [0.717, 1.165) is 22.0 Å². The molecule has 3 nitrogen and oxygen atoms in total. The van der Waals surface area contributed by atoms with Crippen LogP contribution in [-0.2, 0) is 9.47 Å². The van der Waals surface area contributed by atoms with Gasteiger partial charge in [0.2, 0.25) is 0 Å². The Labute approximate surface area is 108 Å². The van der Waals surface area contributed by atoms with Gasteiger partial charge in [-0.2, -0.15) is 0 Å². The lowest BCUT2D eigenvalue weighted by Gasteiger charge is -2.37. The maximum atomic E-state index is 10.7. The van der Waals surface area contributed by atoms with E-state index in [1.54, 1.807) is 0 Å². The predicted octanol–water partition coefficient (Wildman–Crippen LogP) is 3.45. The molecule has 0 aromatic heterocycles. The van der Waals surface area contributed by atoms with E-state index in [0.29, 0.717) is 11.3 Å². The maximum absolute atomic E-state index is 10.7. The molecule has 0 heterocycles. The first-order chi connectivity index (χ1) is 7.77. The molecule has 0 rings (SSSR count). The molecule has 0 fully saturated rings. The van der Waals surface area contributed by atoms with Crippen LogP contribution in [0.25, 0.3) is 0 Å². The lowest BCUT2D eigenvalue weighted by Crippen LogP contribution is -2.40. The van der Waals surface area contributed by atoms with E-state index in [1.807, 2.05) is 0 Å². The molecule has 0 aromatic carbocycles. The molecule has 0 atom stereocenters. The molecule has 0 saturated heterocycles. The molecule has 0 spiro atoms. The quantitative estimate of drug-likeness (QED) is 0.404. The number of hydrogen-bond donors (Lipinski definition) is 0. The number of carbonyl (C=O) groups excluding carboxylic acids is 1. The van der Waals surface area contributed by atoms with Crippen LogP contribution in [0.3, 0.4) is 0 Å². The molecule has 0 N–H and O–H groups in total. The molecule has 5 heteroatoms. The number of carbonyl (C=O) groups is 1. The highest BCUT2D eigenvalue weighted by Gasteiger charge is 2.35. The summed E-state index contributed by atoms with van der Waals surface area (Å²) in [5.74, 6) is 0. The van der Waals surface area contributed by atoms with Crippen molar-refractivity contribution in [3.8, 4) is 0 Å². The Morgan fingerprint density at radius 1 is 1.47 bits per heavy atom. The zero-order valence-corrected chi connectivity index (χ0v) is 13.6. The first kappa shape index (κ1) is 16.4. The molecule has 17 heavy (non-hydrogen) atoms. The first-order valence-electron chi connectivity index (χ1n) is 5.86. The standard InChI is InChI=1S/C12H24O3Si2/c1-7-17(5,6)12(2,3)16-10-8-9-15-11(13)14-4/h7H,1,8-10H2,2-6H3. The summed E-state index contributed by atoms with van der Waals surface area (Å²) in [6, 6.07) is 1.09. The van der Waals surface area contributed by atoms with Gasteiger partial charge in [-0.15, -0.1) is 12.3 Å². The Kier molecular flexibility index (Phi) is 6.78. The second-order valence-corrected chi connectivity index (χ2v) is 12.8. The molecule has 0 saturated carbocycles. The van der Waals surface area contributed by atoms with Crippen LogP contribution in [0.4, 0.5) is 4.79 Å². The van der Waals surface area contributed by atoms with Crippen molar-refractivity contribution in [2.45, 2.75) is 44.1 Å². The first-order valence-corrected chi connectivity index (χ1v) is 10.1. The molecule has 2 radical (unpaired) electrons. The van der Waals surface area contributed by atoms with Crippen molar-refractivity contribution in [2.24, 2.45) is 0 Å². The topological polar surface area (TPSA) is 35.5 Å². The molecule has 98 valence electrons. The summed E-state index contributed by atoms with van der Waals surface area (Å²) in [5.41, 5.74) is 2.16. The van der Waals surface area contributed by atoms with Gasteiger partial charge in [-0.05, 0) is 11.1 Å². The van der Waals surface area contributed by atoms with Gasteiger partial charge in [0.1, 0.15) is 0 Å². The van der Waals surface area contributed by atoms with Crippen molar-refractivity contribution in [1.82, 2.24) is 0 Å². The van der Waals surface area contributed by atoms with Gasteiger partial charge in [0.05, 0.1) is 21.8 Å². The Morgan fingerprint density at radius 3 is 2.53 bits per heavy atom. The van der Waals surface area contributed by atoms with Crippen molar-refractivity contribution in [3.63, 3.8) is 0 Å². The third kappa shape index (κ3) is 5.54. The van der Waals surface area contributed by atoms with Gasteiger partial charge < -0.3 is 9.47 Å². The van der Waals surface area contributed by atoms with Crippen LogP contribution in [0.2, 0.25) is 23.8 Å². The Bertz CT molecular complexity index is 262. The minimum atomic E-state index is -1.35. The summed E-state index contributed by atoms with van der Waals surface area (Å²) < 4.78 is 9.62. The third-order valence-corrected chi connectivity index (χ3v) is 11.6. The van der Waals surface area contributed by atoms with E-state index in [2.05, 4.69) is 44.0 Å². The smallest absolute Gasteiger partial charge is 0.438 e. The number of rotatable bonds is 7. The van der Waals surface area contributed by atoms with Crippen LogP contribution in [-0.4, -0.2) is 37.5 Å². The number of methoxy groups -OCH3 is 1. The Morgan fingerprint density at radius 2 is 2.06 bits per heavy atom. The normalized spacial score (nSPS) is 12.1. The van der Waals surface area contributed by atoms with E-state index in [1.165, 1.54) is 7.11 Å². The molecule has 0 unspecified atom stereocenters. The molecule has 0 aliphatic carbocycles. The highest BCUT2D eigenvalue weighted by atomic mass is 28.4. The predicted molar refractivity (Wildman–Crippen MR) is 75.3 cm³/mol. The maximum Gasteiger partial charge on any atom is 0.507 e. The van der Waals surface area contributed by atoms with Crippen molar-refractivity contribution in [1.29, 1.82) is 0 Å². The van der Waals surface area contributed by atoms with Crippen molar-refractivity contribution in [3.05, 3.63) is 12.3 Å². The molecule has 0 aromatic rings. The Hall–Kier alpha value is -0.556. The second kappa shape index (κ2) is 7.01. The van der Waals surface area contributed by atoms with Crippen molar-refractivity contribution < 1.29 is 14.3 Å². The van der Waals surface area contributed by atoms with E-state index in [9.17, 15) is 4.79 Å². The molecule has 0 aliphatic heterocycles. The zero-order chi connectivity index (χ0) is 13.5. The molecular formula is C12H24O3Si2. The zero-order valence-electron chi connectivity index (χ0n) is 11.6. The van der Waals surface area contributed by atoms with Crippen LogP contribution < -0.4 is 0 Å². The van der Waals surface area contributed by atoms with Gasteiger partial charge in [0, 0.05) is 9.52 Å². The van der Waals surface area contributed by atoms with Crippen molar-refractivity contribution in [2.75, 3.05) is 13.7 Å². The van der Waals surface area contributed by atoms with Gasteiger partial charge >= 0.3 is 6.16 Å². The van der Waals surface area contributed by atoms with Crippen LogP contribution in [0.15, 0.2) is 12.3 Å². The molecule has 0 amide bonds. The second-order valence-electron chi connectivity index (χ2n) is 5.13. The molecular weight excluding hydrogens is 248 g/mol. The lowest BCUT2D eigenvalue weighted by molar-refractivity contribution is 0.0728. The highest BCUT2D eigenvalue weighted by molar-refractivity contribution is 6.91. The van der Waals surface area contributed by atoms with Crippen LogP contribution in [0.1, 0.15) is 20.3 Å². The largest absolute Gasteiger partial charge is 0.507 e. The third-order valence-electron chi connectivity index (χ3n) is 3.40. The van der Waals surface area contributed by atoms with Crippen LogP contribution >= 0.6 is 0 Å². The fourth-order valence-electron chi connectivity index (χ4n) is 1.17. The van der Waals surface area contributed by atoms with Gasteiger partial charge in [-0.1, -0.05) is 33.0 Å². The number of hydrogen-bond acceptors (Lipinski definition) is 3. The molecule has 0 aliphatic rings. The van der Waals surface area contributed by atoms with E-state index in [4.69, 9.17) is 4.74 Å². The Balaban J connectivity index is 3.88. The van der Waals surface area contributed by atoms with Crippen LogP contribution in [0, 0.1) is 0 Å². The van der Waals surface area contributed by atoms with Gasteiger partial charge in [0.15, 0.2) is 0 Å². The summed E-state index contributed by atoms with van der Waals surface area (Å²) in [6.45, 7) is 13.7. The molecule has 0 bridgehead atoms. The van der Waals surface area contributed by atoms with Gasteiger partial charge in [0.25, 0.3) is 0 Å². The lowest BCUT2D eigenvalue weighted by atomic mass is 10.5. The summed E-state index contributed by atoms with van der Waals surface area (Å²) in [5, 5.41) is 0. The minimum absolute atomic E-state index is 0.361. The van der Waals surface area contributed by atoms with Crippen LogP contribution in [0.5, 0.6) is 0 Å². The SMILES string of the molecule is C=C[Si](C)(C)C(C)(C)[Si]CCCOC(=O)OC. The average molecular weight is 272 g/mol. The van der Waals surface area contributed by atoms with Crippen molar-refractivity contribution >= 4 is 23.7 Å². The fraction of sp³-hybridized carbons (Fsp3) is 0.750. The minimum Gasteiger partial charge on any atom is -0.438 e. The fourth-order valence-corrected chi connectivity index (χ4v) is 5.13. The highest BCUT2D eigenvalue weighted by Crippen LogP contribution is 2.37. The summed E-state index contributed by atoms with van der Waals surface area (Å²) in [4.78, 5) is 10.7. The summed E-state index contributed by atoms with van der Waals surface area (Å²) in [7, 11) is 0.854. The van der Waals surface area contributed by atoms with E-state index < -0.39 is 14.2 Å². The summed E-state index contributed by atoms with van der Waals surface area (Å²) in [6.07, 6.45) is 0.312. The monoisotopic (exact) mass is 272 g/mol. The average Bonchev–Trinajstić information content (AvgIpc) is 2.27. The van der Waals surface area contributed by atoms with E-state index >= 15 is 0 Å².